The summed E-state index contributed by atoms with van der Waals surface area (Å²) in [6.45, 7) is 0. The normalized spacial score (nSPS) is 43.4. The van der Waals surface area contributed by atoms with E-state index in [9.17, 15) is 0 Å². The maximum Gasteiger partial charge on any atom is 0.0270 e. The number of hydrogen-bond donors (Lipinski definition) is 0. The van der Waals surface area contributed by atoms with Gasteiger partial charge in [-0.3, -0.25) is 0 Å². The first-order valence-corrected chi connectivity index (χ1v) is 17.1. The molecule has 6 fully saturated rings. The number of fused-ring (bicyclic) bond motifs is 3. The Bertz CT molecular complexity index is 1270. The lowest BCUT2D eigenvalue weighted by atomic mass is 9.49. The zero-order chi connectivity index (χ0) is 27.0. The topological polar surface area (TPSA) is 0 Å². The van der Waals surface area contributed by atoms with Crippen LogP contribution in [0.25, 0.3) is 0 Å². The minimum Gasteiger partial charge on any atom is -0.0805 e. The number of benzene rings is 2. The fraction of sp³-hybridized carbons (Fsp3) is 0.512. The van der Waals surface area contributed by atoms with E-state index in [1.807, 2.05) is 0 Å². The van der Waals surface area contributed by atoms with Crippen LogP contribution in [0.5, 0.6) is 0 Å². The van der Waals surface area contributed by atoms with Crippen LogP contribution in [0.15, 0.2) is 109 Å². The van der Waals surface area contributed by atoms with Crippen molar-refractivity contribution < 1.29 is 0 Å². The molecule has 6 saturated carbocycles. The van der Waals surface area contributed by atoms with Crippen LogP contribution in [0.1, 0.15) is 62.5 Å². The minimum atomic E-state index is 0.0244. The predicted molar refractivity (Wildman–Crippen MR) is 169 cm³/mol. The Morgan fingerprint density at radius 3 is 1.46 bits per heavy atom. The molecule has 0 amide bonds. The molecule has 2 aromatic carbocycles. The highest BCUT2D eigenvalue weighted by Gasteiger charge is 2.61. The molecule has 0 aliphatic heterocycles. The SMILES string of the molecule is C1=CC2C3C=CC=CC3C(C(c3ccccc3)(c3ccccc3)C3CC[C@@H](C4C5CC6CC(C5)CC4C6)C3)C2C=C1. The van der Waals surface area contributed by atoms with Crippen molar-refractivity contribution in [3.63, 3.8) is 0 Å². The van der Waals surface area contributed by atoms with Gasteiger partial charge in [0.05, 0.1) is 0 Å². The van der Waals surface area contributed by atoms with Gasteiger partial charge in [-0.1, -0.05) is 109 Å². The molecule has 8 aliphatic rings. The van der Waals surface area contributed by atoms with Gasteiger partial charge in [-0.15, -0.1) is 0 Å². The highest BCUT2D eigenvalue weighted by Crippen LogP contribution is 2.66. The van der Waals surface area contributed by atoms with Gasteiger partial charge >= 0.3 is 0 Å². The Hall–Kier alpha value is -2.60. The zero-order valence-corrected chi connectivity index (χ0v) is 24.5. The van der Waals surface area contributed by atoms with E-state index in [2.05, 4.69) is 109 Å². The molecule has 10 rings (SSSR count). The lowest BCUT2D eigenvalue weighted by Gasteiger charge is -2.56. The molecule has 0 nitrogen and oxygen atoms in total. The molecule has 0 aromatic heterocycles. The highest BCUT2D eigenvalue weighted by molar-refractivity contribution is 5.46. The Labute approximate surface area is 247 Å². The summed E-state index contributed by atoms with van der Waals surface area (Å²) < 4.78 is 0. The van der Waals surface area contributed by atoms with Gasteiger partial charge in [-0.2, -0.15) is 0 Å². The zero-order valence-electron chi connectivity index (χ0n) is 24.5. The molecule has 0 saturated heterocycles. The lowest BCUT2D eigenvalue weighted by molar-refractivity contribution is -0.0618. The van der Waals surface area contributed by atoms with Crippen molar-refractivity contribution in [3.05, 3.63) is 120 Å². The van der Waals surface area contributed by atoms with Crippen LogP contribution in [-0.2, 0) is 5.41 Å². The quantitative estimate of drug-likeness (QED) is 0.355. The summed E-state index contributed by atoms with van der Waals surface area (Å²) in [7, 11) is 0. The molecule has 0 heterocycles. The standard InChI is InChI=1S/C41H46/c1-3-11-32(12-4-1)41(33-13-5-2-6-14-33,40-37-17-9-7-15-35(37)36-16-8-10-18-38(36)40)34-20-19-29(26-34)39-30-22-27-21-28(24-30)25-31(39)23-27/h1-18,27-31,34-40H,19-26H2/t27?,28?,29-,30?,31?,34?,35?,36?,37?,38?,39?,40?/m1/s1. The van der Waals surface area contributed by atoms with Crippen LogP contribution in [0.2, 0.25) is 0 Å². The highest BCUT2D eigenvalue weighted by atomic mass is 14.6. The van der Waals surface area contributed by atoms with Crippen molar-refractivity contribution in [2.24, 2.45) is 71.0 Å². The van der Waals surface area contributed by atoms with E-state index in [-0.39, 0.29) is 5.41 Å². The van der Waals surface area contributed by atoms with Gasteiger partial charge in [0.1, 0.15) is 0 Å². The largest absolute Gasteiger partial charge is 0.0805 e. The van der Waals surface area contributed by atoms with E-state index in [0.29, 0.717) is 35.5 Å². The first-order chi connectivity index (χ1) is 20.3. The third-order valence-corrected chi connectivity index (χ3v) is 13.7. The summed E-state index contributed by atoms with van der Waals surface area (Å²) in [5.74, 6) is 9.76. The summed E-state index contributed by atoms with van der Waals surface area (Å²) in [6.07, 6.45) is 31.8. The van der Waals surface area contributed by atoms with E-state index in [0.717, 1.165) is 35.5 Å². The first kappa shape index (κ1) is 24.9. The molecule has 2 aromatic rings. The van der Waals surface area contributed by atoms with E-state index >= 15 is 0 Å². The molecule has 210 valence electrons. The fourth-order valence-electron chi connectivity index (χ4n) is 12.9. The van der Waals surface area contributed by atoms with Crippen molar-refractivity contribution in [2.45, 2.75) is 56.8 Å². The van der Waals surface area contributed by atoms with Gasteiger partial charge in [0.15, 0.2) is 0 Å². The van der Waals surface area contributed by atoms with E-state index < -0.39 is 0 Å². The first-order valence-electron chi connectivity index (χ1n) is 17.1. The summed E-state index contributed by atoms with van der Waals surface area (Å²) in [4.78, 5) is 0. The smallest absolute Gasteiger partial charge is 0.0270 e. The number of rotatable bonds is 5. The van der Waals surface area contributed by atoms with E-state index in [1.54, 1.807) is 43.2 Å². The van der Waals surface area contributed by atoms with Gasteiger partial charge in [0.2, 0.25) is 0 Å². The molecular formula is C41H46. The minimum absolute atomic E-state index is 0.0244. The molecule has 0 N–H and O–H groups in total. The van der Waals surface area contributed by atoms with Crippen molar-refractivity contribution in [3.8, 4) is 0 Å². The average Bonchev–Trinajstić information content (AvgIpc) is 3.63. The summed E-state index contributed by atoms with van der Waals surface area (Å²) in [5, 5.41) is 0. The van der Waals surface area contributed by atoms with Crippen LogP contribution in [0.4, 0.5) is 0 Å². The second-order valence-corrected chi connectivity index (χ2v) is 15.3. The second kappa shape index (κ2) is 9.72. The van der Waals surface area contributed by atoms with Crippen LogP contribution < -0.4 is 0 Å². The average molecular weight is 539 g/mol. The number of allylic oxidation sites excluding steroid dienone is 8. The van der Waals surface area contributed by atoms with Gasteiger partial charge in [-0.25, -0.2) is 0 Å². The molecule has 41 heavy (non-hydrogen) atoms. The third-order valence-electron chi connectivity index (χ3n) is 13.7. The summed E-state index contributed by atoms with van der Waals surface area (Å²) in [5.41, 5.74) is 3.19. The van der Waals surface area contributed by atoms with Crippen molar-refractivity contribution in [1.29, 1.82) is 0 Å². The summed E-state index contributed by atoms with van der Waals surface area (Å²) in [6, 6.07) is 23.8. The molecule has 5 unspecified atom stereocenters. The molecule has 0 heteroatoms. The van der Waals surface area contributed by atoms with Crippen LogP contribution in [-0.4, -0.2) is 0 Å². The maximum absolute atomic E-state index is 2.61. The monoisotopic (exact) mass is 538 g/mol. The van der Waals surface area contributed by atoms with Gasteiger partial charge in [-0.05, 0) is 134 Å². The van der Waals surface area contributed by atoms with Gasteiger partial charge < -0.3 is 0 Å². The second-order valence-electron chi connectivity index (χ2n) is 15.3. The van der Waals surface area contributed by atoms with Gasteiger partial charge in [0, 0.05) is 5.41 Å². The molecule has 4 bridgehead atoms. The maximum atomic E-state index is 2.61. The Kier molecular flexibility index (Phi) is 5.91. The molecule has 0 radical (unpaired) electrons. The Morgan fingerprint density at radius 1 is 0.463 bits per heavy atom. The van der Waals surface area contributed by atoms with E-state index in [4.69, 9.17) is 0 Å². The van der Waals surface area contributed by atoms with Gasteiger partial charge in [0.25, 0.3) is 0 Å². The van der Waals surface area contributed by atoms with Crippen LogP contribution >= 0.6 is 0 Å². The fourth-order valence-corrected chi connectivity index (χ4v) is 12.9. The molecule has 6 atom stereocenters. The van der Waals surface area contributed by atoms with Crippen molar-refractivity contribution >= 4 is 0 Å². The van der Waals surface area contributed by atoms with Crippen LogP contribution in [0.3, 0.4) is 0 Å². The van der Waals surface area contributed by atoms with Crippen molar-refractivity contribution in [2.75, 3.05) is 0 Å². The molecule has 0 spiro atoms. The third kappa shape index (κ3) is 3.71. The lowest BCUT2D eigenvalue weighted by Crippen LogP contribution is -2.49. The Balaban J connectivity index is 1.19. The van der Waals surface area contributed by atoms with Crippen molar-refractivity contribution in [1.82, 2.24) is 0 Å². The number of hydrogen-bond acceptors (Lipinski definition) is 0. The molecular weight excluding hydrogens is 492 g/mol. The summed E-state index contributed by atoms with van der Waals surface area (Å²) >= 11 is 0. The predicted octanol–water partition coefficient (Wildman–Crippen LogP) is 9.81. The van der Waals surface area contributed by atoms with E-state index in [1.165, 1.54) is 19.3 Å². The molecule has 8 aliphatic carbocycles. The Morgan fingerprint density at radius 2 is 0.951 bits per heavy atom. The van der Waals surface area contributed by atoms with Crippen LogP contribution in [0, 0.1) is 71.0 Å².